The van der Waals surface area contributed by atoms with E-state index in [1.807, 2.05) is 0 Å². The average Bonchev–Trinajstić information content (AvgIpc) is 2.52. The largest absolute Gasteiger partial charge is 0.394 e. The second kappa shape index (κ2) is 7.68. The van der Waals surface area contributed by atoms with Gasteiger partial charge < -0.3 is 44.5 Å². The Kier molecular flexibility index (Phi) is 6.34. The van der Waals surface area contributed by atoms with Crippen LogP contribution >= 0.6 is 0 Å². The molecule has 0 aliphatic carbocycles. The van der Waals surface area contributed by atoms with E-state index in [0.717, 1.165) is 0 Å². The summed E-state index contributed by atoms with van der Waals surface area (Å²) >= 11 is 0. The molecule has 10 unspecified atom stereocenters. The van der Waals surface area contributed by atoms with Crippen molar-refractivity contribution in [1.82, 2.24) is 0 Å². The highest BCUT2D eigenvalue weighted by Gasteiger charge is 2.48. The van der Waals surface area contributed by atoms with E-state index in [1.165, 1.54) is 7.11 Å². The van der Waals surface area contributed by atoms with E-state index in [-0.39, 0.29) is 0 Å². The number of rotatable bonds is 4. The molecule has 0 bridgehead atoms. The monoisotopic (exact) mass is 338 g/mol. The molecular weight excluding hydrogens is 312 g/mol. The summed E-state index contributed by atoms with van der Waals surface area (Å²) in [6.45, 7) is 2.90. The van der Waals surface area contributed by atoms with Crippen LogP contribution in [-0.4, -0.2) is 94.6 Å². The molecule has 0 radical (unpaired) electrons. The van der Waals surface area contributed by atoms with Gasteiger partial charge in [-0.25, -0.2) is 0 Å². The van der Waals surface area contributed by atoms with Crippen LogP contribution in [0, 0.1) is 5.92 Å². The summed E-state index contributed by atoms with van der Waals surface area (Å²) in [5, 5.41) is 48.7. The number of methoxy groups -OCH3 is 1. The Morgan fingerprint density at radius 3 is 2.13 bits per heavy atom. The summed E-state index contributed by atoms with van der Waals surface area (Å²) in [5.41, 5.74) is 0. The summed E-state index contributed by atoms with van der Waals surface area (Å²) < 4.78 is 21.6. The Labute approximate surface area is 134 Å². The van der Waals surface area contributed by atoms with Crippen molar-refractivity contribution in [1.29, 1.82) is 0 Å². The lowest BCUT2D eigenvalue weighted by Gasteiger charge is -2.46. The Hall–Kier alpha value is -0.360. The lowest BCUT2D eigenvalue weighted by atomic mass is 9.91. The SMILES string of the molecule is COC1C(C)C(OC2C(C)OC(O)C(O)C2O)OC(CO)C1O. The highest BCUT2D eigenvalue weighted by molar-refractivity contribution is 4.92. The standard InChI is InChI=1S/C14H26O9/c1-5-11(20-3)8(16)7(4-15)22-14(5)23-12-6(2)21-13(19)10(18)9(12)17/h5-19H,4H2,1-3H3. The topological polar surface area (TPSA) is 138 Å². The number of aliphatic hydroxyl groups is 5. The Balaban J connectivity index is 2.11. The molecule has 0 aromatic heterocycles. The van der Waals surface area contributed by atoms with Gasteiger partial charge in [-0.1, -0.05) is 6.92 Å². The third-order valence-corrected chi connectivity index (χ3v) is 4.51. The molecule has 2 rings (SSSR count). The molecule has 10 atom stereocenters. The van der Waals surface area contributed by atoms with Gasteiger partial charge in [0.2, 0.25) is 0 Å². The molecule has 2 fully saturated rings. The van der Waals surface area contributed by atoms with Gasteiger partial charge in [-0.3, -0.25) is 0 Å². The number of ether oxygens (including phenoxy) is 4. The predicted molar refractivity (Wildman–Crippen MR) is 75.2 cm³/mol. The molecule has 2 heterocycles. The van der Waals surface area contributed by atoms with Gasteiger partial charge in [0, 0.05) is 13.0 Å². The lowest BCUT2D eigenvalue weighted by molar-refractivity contribution is -0.344. The highest BCUT2D eigenvalue weighted by atomic mass is 16.7. The third kappa shape index (κ3) is 3.68. The predicted octanol–water partition coefficient (Wildman–Crippen LogP) is -2.44. The molecule has 0 spiro atoms. The van der Waals surface area contributed by atoms with Gasteiger partial charge in [0.05, 0.1) is 18.8 Å². The second-order valence-corrected chi connectivity index (χ2v) is 6.09. The van der Waals surface area contributed by atoms with Crippen molar-refractivity contribution in [2.75, 3.05) is 13.7 Å². The van der Waals surface area contributed by atoms with Gasteiger partial charge in [0.1, 0.15) is 30.5 Å². The maximum Gasteiger partial charge on any atom is 0.183 e. The molecule has 9 nitrogen and oxygen atoms in total. The summed E-state index contributed by atoms with van der Waals surface area (Å²) in [7, 11) is 1.43. The summed E-state index contributed by atoms with van der Waals surface area (Å²) in [5.74, 6) is -0.402. The van der Waals surface area contributed by atoms with Crippen LogP contribution in [0.2, 0.25) is 0 Å². The minimum Gasteiger partial charge on any atom is -0.394 e. The smallest absolute Gasteiger partial charge is 0.183 e. The Morgan fingerprint density at radius 2 is 1.57 bits per heavy atom. The van der Waals surface area contributed by atoms with Crippen LogP contribution in [0.4, 0.5) is 0 Å². The first-order chi connectivity index (χ1) is 10.8. The van der Waals surface area contributed by atoms with Crippen molar-refractivity contribution >= 4 is 0 Å². The Morgan fingerprint density at radius 1 is 0.913 bits per heavy atom. The van der Waals surface area contributed by atoms with Crippen LogP contribution in [0.5, 0.6) is 0 Å². The zero-order valence-electron chi connectivity index (χ0n) is 13.3. The van der Waals surface area contributed by atoms with E-state index in [1.54, 1.807) is 13.8 Å². The molecule has 136 valence electrons. The maximum absolute atomic E-state index is 10.1. The van der Waals surface area contributed by atoms with E-state index < -0.39 is 67.8 Å². The molecule has 23 heavy (non-hydrogen) atoms. The number of aliphatic hydroxyl groups excluding tert-OH is 5. The van der Waals surface area contributed by atoms with Gasteiger partial charge >= 0.3 is 0 Å². The molecule has 2 aliphatic heterocycles. The van der Waals surface area contributed by atoms with Crippen molar-refractivity contribution in [2.24, 2.45) is 5.92 Å². The molecule has 2 aliphatic rings. The second-order valence-electron chi connectivity index (χ2n) is 6.09. The van der Waals surface area contributed by atoms with Gasteiger partial charge in [-0.2, -0.15) is 0 Å². The quantitative estimate of drug-likeness (QED) is 0.378. The average molecular weight is 338 g/mol. The fourth-order valence-electron chi connectivity index (χ4n) is 3.08. The molecule has 0 aromatic rings. The van der Waals surface area contributed by atoms with E-state index in [0.29, 0.717) is 0 Å². The summed E-state index contributed by atoms with van der Waals surface area (Å²) in [4.78, 5) is 0. The fourth-order valence-corrected chi connectivity index (χ4v) is 3.08. The maximum atomic E-state index is 10.1. The number of hydrogen-bond donors (Lipinski definition) is 5. The Bertz CT molecular complexity index is 381. The lowest BCUT2D eigenvalue weighted by Crippen LogP contribution is -2.61. The first-order valence-corrected chi connectivity index (χ1v) is 7.64. The van der Waals surface area contributed by atoms with Crippen LogP contribution in [-0.2, 0) is 18.9 Å². The number of hydrogen-bond acceptors (Lipinski definition) is 9. The van der Waals surface area contributed by atoms with Crippen LogP contribution in [0.25, 0.3) is 0 Å². The van der Waals surface area contributed by atoms with Gasteiger partial charge in [0.25, 0.3) is 0 Å². The van der Waals surface area contributed by atoms with Crippen LogP contribution in [0.3, 0.4) is 0 Å². The fraction of sp³-hybridized carbons (Fsp3) is 1.00. The molecule has 9 heteroatoms. The van der Waals surface area contributed by atoms with E-state index in [9.17, 15) is 25.5 Å². The zero-order valence-corrected chi connectivity index (χ0v) is 13.3. The van der Waals surface area contributed by atoms with Gasteiger partial charge in [-0.15, -0.1) is 0 Å². The zero-order chi connectivity index (χ0) is 17.3. The normalized spacial score (nSPS) is 51.7. The minimum absolute atomic E-state index is 0.402. The summed E-state index contributed by atoms with van der Waals surface area (Å²) in [6, 6.07) is 0. The first-order valence-electron chi connectivity index (χ1n) is 7.64. The molecule has 5 N–H and O–H groups in total. The van der Waals surface area contributed by atoms with Crippen molar-refractivity contribution in [2.45, 2.75) is 69.2 Å². The summed E-state index contributed by atoms with van der Waals surface area (Å²) in [6.07, 6.45) is -9.45. The molecular formula is C14H26O9. The molecule has 0 amide bonds. The van der Waals surface area contributed by atoms with Crippen molar-refractivity contribution < 1.29 is 44.5 Å². The molecule has 0 saturated carbocycles. The van der Waals surface area contributed by atoms with E-state index in [4.69, 9.17) is 18.9 Å². The van der Waals surface area contributed by atoms with Gasteiger partial charge in [-0.05, 0) is 6.92 Å². The van der Waals surface area contributed by atoms with Crippen LogP contribution in [0.1, 0.15) is 13.8 Å². The van der Waals surface area contributed by atoms with Crippen molar-refractivity contribution in [3.8, 4) is 0 Å². The van der Waals surface area contributed by atoms with Crippen LogP contribution in [0.15, 0.2) is 0 Å². The first kappa shape index (κ1) is 19.0. The minimum atomic E-state index is -1.51. The van der Waals surface area contributed by atoms with Crippen LogP contribution < -0.4 is 0 Å². The van der Waals surface area contributed by atoms with Crippen molar-refractivity contribution in [3.05, 3.63) is 0 Å². The van der Waals surface area contributed by atoms with Gasteiger partial charge in [0.15, 0.2) is 12.6 Å². The van der Waals surface area contributed by atoms with Crippen molar-refractivity contribution in [3.63, 3.8) is 0 Å². The highest BCUT2D eigenvalue weighted by Crippen LogP contribution is 2.32. The molecule has 2 saturated heterocycles. The third-order valence-electron chi connectivity index (χ3n) is 4.51. The molecule has 0 aromatic carbocycles. The van der Waals surface area contributed by atoms with E-state index >= 15 is 0 Å². The van der Waals surface area contributed by atoms with E-state index in [2.05, 4.69) is 0 Å².